The molecule has 0 aliphatic rings. The third-order valence-corrected chi connectivity index (χ3v) is 5.28. The van der Waals surface area contributed by atoms with Gasteiger partial charge in [0.25, 0.3) is 5.91 Å². The van der Waals surface area contributed by atoms with Crippen LogP contribution in [0.25, 0.3) is 16.9 Å². The standard InChI is InChI=1S/C24H20ClFN4O2/c1-15-6-5-13-30-22(15)29-21(16-7-3-2-4-8-16)23(30)28-20(31)11-12-27-24(32)18-10-9-17(26)14-19(18)25/h2-10,13-14H,11-12H2,1H3,(H,27,32)(H,28,31). The molecular formula is C24H20ClFN4O2. The van der Waals surface area contributed by atoms with Gasteiger partial charge in [-0.3, -0.25) is 14.0 Å². The van der Waals surface area contributed by atoms with Crippen molar-refractivity contribution >= 4 is 34.9 Å². The molecule has 6 nitrogen and oxygen atoms in total. The summed E-state index contributed by atoms with van der Waals surface area (Å²) in [5.74, 6) is -0.717. The molecular weight excluding hydrogens is 431 g/mol. The summed E-state index contributed by atoms with van der Waals surface area (Å²) in [4.78, 5) is 29.7. The van der Waals surface area contributed by atoms with Gasteiger partial charge in [0.05, 0.1) is 10.6 Å². The van der Waals surface area contributed by atoms with Crippen LogP contribution >= 0.6 is 11.6 Å². The molecule has 0 fully saturated rings. The number of carbonyl (C=O) groups is 2. The molecule has 0 aliphatic heterocycles. The van der Waals surface area contributed by atoms with Crippen molar-refractivity contribution in [3.8, 4) is 11.3 Å². The Morgan fingerprint density at radius 2 is 1.88 bits per heavy atom. The number of aryl methyl sites for hydroxylation is 1. The van der Waals surface area contributed by atoms with Crippen LogP contribution < -0.4 is 10.6 Å². The van der Waals surface area contributed by atoms with Crippen LogP contribution in [0.5, 0.6) is 0 Å². The largest absolute Gasteiger partial charge is 0.351 e. The molecule has 4 rings (SSSR count). The lowest BCUT2D eigenvalue weighted by Crippen LogP contribution is -2.28. The van der Waals surface area contributed by atoms with Crippen LogP contribution in [0.1, 0.15) is 22.3 Å². The zero-order valence-electron chi connectivity index (χ0n) is 17.2. The van der Waals surface area contributed by atoms with Crippen LogP contribution in [0.4, 0.5) is 10.2 Å². The first kappa shape index (κ1) is 21.5. The second-order valence-corrected chi connectivity index (χ2v) is 7.65. The summed E-state index contributed by atoms with van der Waals surface area (Å²) in [7, 11) is 0. The molecule has 0 radical (unpaired) electrons. The Morgan fingerprint density at radius 1 is 1.09 bits per heavy atom. The summed E-state index contributed by atoms with van der Waals surface area (Å²) in [6.45, 7) is 2.05. The van der Waals surface area contributed by atoms with Gasteiger partial charge in [0.2, 0.25) is 5.91 Å². The van der Waals surface area contributed by atoms with Gasteiger partial charge in [-0.1, -0.05) is 48.0 Å². The molecule has 8 heteroatoms. The summed E-state index contributed by atoms with van der Waals surface area (Å²) in [5, 5.41) is 5.57. The van der Waals surface area contributed by atoms with Crippen LogP contribution in [0.3, 0.4) is 0 Å². The van der Waals surface area contributed by atoms with Crippen molar-refractivity contribution in [3.05, 3.63) is 88.8 Å². The fourth-order valence-corrected chi connectivity index (χ4v) is 3.63. The van der Waals surface area contributed by atoms with E-state index in [4.69, 9.17) is 16.6 Å². The minimum Gasteiger partial charge on any atom is -0.351 e. The Hall–Kier alpha value is -3.71. The lowest BCUT2D eigenvalue weighted by molar-refractivity contribution is -0.116. The number of imidazole rings is 1. The molecule has 0 saturated heterocycles. The number of anilines is 1. The molecule has 0 atom stereocenters. The van der Waals surface area contributed by atoms with E-state index in [1.54, 1.807) is 0 Å². The van der Waals surface area contributed by atoms with Gasteiger partial charge >= 0.3 is 0 Å². The maximum absolute atomic E-state index is 13.2. The number of nitrogens with zero attached hydrogens (tertiary/aromatic N) is 2. The van der Waals surface area contributed by atoms with E-state index >= 15 is 0 Å². The van der Waals surface area contributed by atoms with E-state index in [0.717, 1.165) is 28.9 Å². The van der Waals surface area contributed by atoms with Gasteiger partial charge in [0.15, 0.2) is 0 Å². The Kier molecular flexibility index (Phi) is 6.18. The maximum atomic E-state index is 13.2. The highest BCUT2D eigenvalue weighted by atomic mass is 35.5. The number of carbonyl (C=O) groups excluding carboxylic acids is 2. The zero-order chi connectivity index (χ0) is 22.7. The third-order valence-electron chi connectivity index (χ3n) is 4.96. The van der Waals surface area contributed by atoms with Crippen LogP contribution in [-0.2, 0) is 4.79 Å². The smallest absolute Gasteiger partial charge is 0.252 e. The van der Waals surface area contributed by atoms with Crippen molar-refractivity contribution in [3.63, 3.8) is 0 Å². The van der Waals surface area contributed by atoms with Gasteiger partial charge in [-0.05, 0) is 36.8 Å². The van der Waals surface area contributed by atoms with Crippen LogP contribution in [0.15, 0.2) is 66.9 Å². The highest BCUT2D eigenvalue weighted by molar-refractivity contribution is 6.33. The Labute approximate surface area is 189 Å². The number of pyridine rings is 1. The molecule has 4 aromatic rings. The summed E-state index contributed by atoms with van der Waals surface area (Å²) >= 11 is 5.91. The predicted molar refractivity (Wildman–Crippen MR) is 122 cm³/mol. The van der Waals surface area contributed by atoms with Crippen molar-refractivity contribution in [1.29, 1.82) is 0 Å². The number of hydrogen-bond donors (Lipinski definition) is 2. The monoisotopic (exact) mass is 450 g/mol. The van der Waals surface area contributed by atoms with E-state index < -0.39 is 11.7 Å². The summed E-state index contributed by atoms with van der Waals surface area (Å²) in [5.41, 5.74) is 3.42. The number of fused-ring (bicyclic) bond motifs is 1. The molecule has 0 spiro atoms. The lowest BCUT2D eigenvalue weighted by Gasteiger charge is -2.09. The summed E-state index contributed by atoms with van der Waals surface area (Å²) in [6, 6.07) is 17.0. The lowest BCUT2D eigenvalue weighted by atomic mass is 10.1. The van der Waals surface area contributed by atoms with E-state index in [9.17, 15) is 14.0 Å². The normalized spacial score (nSPS) is 10.8. The minimum atomic E-state index is -0.525. The van der Waals surface area contributed by atoms with Gasteiger partial charge in [-0.2, -0.15) is 0 Å². The van der Waals surface area contributed by atoms with Crippen molar-refractivity contribution in [1.82, 2.24) is 14.7 Å². The average molecular weight is 451 g/mol. The second-order valence-electron chi connectivity index (χ2n) is 7.24. The first-order valence-electron chi connectivity index (χ1n) is 10.0. The molecule has 0 saturated carbocycles. The number of rotatable bonds is 6. The van der Waals surface area contributed by atoms with Crippen LogP contribution in [-0.4, -0.2) is 27.7 Å². The third kappa shape index (κ3) is 4.48. The summed E-state index contributed by atoms with van der Waals surface area (Å²) in [6.07, 6.45) is 1.88. The van der Waals surface area contributed by atoms with Crippen LogP contribution in [0.2, 0.25) is 5.02 Å². The number of aromatic nitrogens is 2. The molecule has 2 N–H and O–H groups in total. The highest BCUT2D eigenvalue weighted by Crippen LogP contribution is 2.29. The van der Waals surface area contributed by atoms with E-state index in [-0.39, 0.29) is 29.5 Å². The summed E-state index contributed by atoms with van der Waals surface area (Å²) < 4.78 is 15.0. The van der Waals surface area contributed by atoms with Crippen LogP contribution in [0, 0.1) is 12.7 Å². The molecule has 2 aromatic carbocycles. The van der Waals surface area contributed by atoms with Gasteiger partial charge in [0.1, 0.15) is 23.0 Å². The van der Waals surface area contributed by atoms with E-state index in [2.05, 4.69) is 10.6 Å². The zero-order valence-corrected chi connectivity index (χ0v) is 18.0. The number of halogens is 2. The van der Waals surface area contributed by atoms with E-state index in [1.807, 2.05) is 60.0 Å². The van der Waals surface area contributed by atoms with Gasteiger partial charge in [0, 0.05) is 24.7 Å². The number of hydrogen-bond acceptors (Lipinski definition) is 3. The molecule has 0 bridgehead atoms. The first-order valence-corrected chi connectivity index (χ1v) is 10.4. The number of benzene rings is 2. The van der Waals surface area contributed by atoms with Gasteiger partial charge in [-0.15, -0.1) is 0 Å². The highest BCUT2D eigenvalue weighted by Gasteiger charge is 2.18. The van der Waals surface area contributed by atoms with Gasteiger partial charge < -0.3 is 10.6 Å². The van der Waals surface area contributed by atoms with Gasteiger partial charge in [-0.25, -0.2) is 9.37 Å². The SMILES string of the molecule is Cc1cccn2c(NC(=O)CCNC(=O)c3ccc(F)cc3Cl)c(-c3ccccc3)nc12. The quantitative estimate of drug-likeness (QED) is 0.440. The number of nitrogens with one attached hydrogen (secondary N) is 2. The Balaban J connectivity index is 1.49. The average Bonchev–Trinajstić information content (AvgIpc) is 3.14. The molecule has 0 aliphatic carbocycles. The second kappa shape index (κ2) is 9.20. The Morgan fingerprint density at radius 3 is 2.62 bits per heavy atom. The molecule has 2 aromatic heterocycles. The fourth-order valence-electron chi connectivity index (χ4n) is 3.37. The fraction of sp³-hybridized carbons (Fsp3) is 0.125. The van der Waals surface area contributed by atoms with Crippen molar-refractivity contribution < 1.29 is 14.0 Å². The van der Waals surface area contributed by atoms with Crippen molar-refractivity contribution in [2.24, 2.45) is 0 Å². The molecule has 162 valence electrons. The van der Waals surface area contributed by atoms with Crippen molar-refractivity contribution in [2.45, 2.75) is 13.3 Å². The molecule has 2 heterocycles. The maximum Gasteiger partial charge on any atom is 0.252 e. The van der Waals surface area contributed by atoms with E-state index in [1.165, 1.54) is 6.07 Å². The minimum absolute atomic E-state index is 0.0144. The van der Waals surface area contributed by atoms with E-state index in [0.29, 0.717) is 11.5 Å². The first-order chi connectivity index (χ1) is 15.4. The molecule has 32 heavy (non-hydrogen) atoms. The van der Waals surface area contributed by atoms with Crippen molar-refractivity contribution in [2.75, 3.05) is 11.9 Å². The molecule has 0 unspecified atom stereocenters. The predicted octanol–water partition coefficient (Wildman–Crippen LogP) is 4.86. The Bertz CT molecular complexity index is 1300. The number of amides is 2. The molecule has 2 amide bonds. The topological polar surface area (TPSA) is 75.5 Å².